The molecule has 0 radical (unpaired) electrons. The van der Waals surface area contributed by atoms with E-state index >= 15 is 0 Å². The number of amides is 2. The number of halogens is 1. The molecule has 0 spiro atoms. The number of nitrogens with zero attached hydrogens (tertiary/aromatic N) is 2. The summed E-state index contributed by atoms with van der Waals surface area (Å²) in [6.07, 6.45) is 0.337. The number of thiophene rings is 1. The normalized spacial score (nSPS) is 14.4. The standard InChI is InChI=1S/C18H20BrN3O2S/c19-16-7-6-15(25-16)18(24)20-9-8-17(23)22-12-10-21(11-13-22)14-4-2-1-3-5-14/h1-7H,8-13H2,(H,20,24). The highest BCUT2D eigenvalue weighted by Gasteiger charge is 2.21. The maximum absolute atomic E-state index is 12.3. The van der Waals surface area contributed by atoms with Crippen LogP contribution in [-0.4, -0.2) is 49.4 Å². The van der Waals surface area contributed by atoms with Crippen molar-refractivity contribution in [1.29, 1.82) is 0 Å². The highest BCUT2D eigenvalue weighted by Crippen LogP contribution is 2.21. The van der Waals surface area contributed by atoms with E-state index in [4.69, 9.17) is 0 Å². The first-order valence-electron chi connectivity index (χ1n) is 8.25. The summed E-state index contributed by atoms with van der Waals surface area (Å²) < 4.78 is 0.921. The van der Waals surface area contributed by atoms with Gasteiger partial charge in [0.2, 0.25) is 5.91 Å². The molecule has 0 saturated carbocycles. The van der Waals surface area contributed by atoms with Gasteiger partial charge in [0, 0.05) is 44.8 Å². The maximum Gasteiger partial charge on any atom is 0.261 e. The fraction of sp³-hybridized carbons (Fsp3) is 0.333. The van der Waals surface area contributed by atoms with Crippen molar-refractivity contribution in [2.75, 3.05) is 37.6 Å². The Morgan fingerprint density at radius 3 is 2.40 bits per heavy atom. The summed E-state index contributed by atoms with van der Waals surface area (Å²) in [6, 6.07) is 13.9. The highest BCUT2D eigenvalue weighted by molar-refractivity contribution is 9.11. The van der Waals surface area contributed by atoms with Crippen LogP contribution in [0.5, 0.6) is 0 Å². The summed E-state index contributed by atoms with van der Waals surface area (Å²) in [7, 11) is 0. The van der Waals surface area contributed by atoms with Crippen molar-refractivity contribution < 1.29 is 9.59 Å². The lowest BCUT2D eigenvalue weighted by Crippen LogP contribution is -2.49. The molecule has 2 amide bonds. The van der Waals surface area contributed by atoms with Gasteiger partial charge >= 0.3 is 0 Å². The lowest BCUT2D eigenvalue weighted by molar-refractivity contribution is -0.131. The van der Waals surface area contributed by atoms with E-state index in [1.165, 1.54) is 17.0 Å². The Kier molecular flexibility index (Phi) is 6.09. The second-order valence-electron chi connectivity index (χ2n) is 5.81. The van der Waals surface area contributed by atoms with E-state index < -0.39 is 0 Å². The Hall–Kier alpha value is -1.86. The zero-order valence-electron chi connectivity index (χ0n) is 13.8. The van der Waals surface area contributed by atoms with Crippen LogP contribution in [0.4, 0.5) is 5.69 Å². The molecule has 1 aromatic carbocycles. The first-order chi connectivity index (χ1) is 12.1. The van der Waals surface area contributed by atoms with Crippen LogP contribution < -0.4 is 10.2 Å². The van der Waals surface area contributed by atoms with Crippen molar-refractivity contribution in [3.8, 4) is 0 Å². The summed E-state index contributed by atoms with van der Waals surface area (Å²) in [4.78, 5) is 29.1. The first-order valence-corrected chi connectivity index (χ1v) is 9.86. The number of carbonyl (C=O) groups excluding carboxylic acids is 2. The molecule has 1 fully saturated rings. The third-order valence-corrected chi connectivity index (χ3v) is 5.80. The lowest BCUT2D eigenvalue weighted by atomic mass is 10.2. The third-order valence-electron chi connectivity index (χ3n) is 4.18. The van der Waals surface area contributed by atoms with Crippen LogP contribution in [0.3, 0.4) is 0 Å². The van der Waals surface area contributed by atoms with E-state index in [0.29, 0.717) is 17.8 Å². The van der Waals surface area contributed by atoms with Gasteiger partial charge in [-0.2, -0.15) is 0 Å². The number of benzene rings is 1. The van der Waals surface area contributed by atoms with Gasteiger partial charge in [-0.25, -0.2) is 0 Å². The Morgan fingerprint density at radius 1 is 1.04 bits per heavy atom. The van der Waals surface area contributed by atoms with Crippen LogP contribution in [0, 0.1) is 0 Å². The quantitative estimate of drug-likeness (QED) is 0.806. The van der Waals surface area contributed by atoms with E-state index in [1.54, 1.807) is 6.07 Å². The number of nitrogens with one attached hydrogen (secondary N) is 1. The molecule has 7 heteroatoms. The van der Waals surface area contributed by atoms with E-state index in [1.807, 2.05) is 29.2 Å². The molecule has 2 heterocycles. The van der Waals surface area contributed by atoms with Crippen molar-refractivity contribution in [2.45, 2.75) is 6.42 Å². The molecule has 1 aliphatic rings. The molecular formula is C18H20BrN3O2S. The SMILES string of the molecule is O=C(NCCC(=O)N1CCN(c2ccccc2)CC1)c1ccc(Br)s1. The topological polar surface area (TPSA) is 52.7 Å². The molecule has 25 heavy (non-hydrogen) atoms. The van der Waals surface area contributed by atoms with Crippen molar-refractivity contribution in [1.82, 2.24) is 10.2 Å². The monoisotopic (exact) mass is 421 g/mol. The van der Waals surface area contributed by atoms with Crippen LogP contribution in [0.1, 0.15) is 16.1 Å². The average Bonchev–Trinajstić information content (AvgIpc) is 3.09. The summed E-state index contributed by atoms with van der Waals surface area (Å²) in [6.45, 7) is 3.49. The van der Waals surface area contributed by atoms with Crippen molar-refractivity contribution in [3.05, 3.63) is 51.1 Å². The largest absolute Gasteiger partial charge is 0.368 e. The second-order valence-corrected chi connectivity index (χ2v) is 8.28. The Morgan fingerprint density at radius 2 is 1.76 bits per heavy atom. The minimum absolute atomic E-state index is 0.0976. The van der Waals surface area contributed by atoms with Gasteiger partial charge in [-0.15, -0.1) is 11.3 Å². The zero-order chi connectivity index (χ0) is 17.6. The minimum Gasteiger partial charge on any atom is -0.368 e. The summed E-state index contributed by atoms with van der Waals surface area (Å²) in [5.74, 6) is -0.0298. The molecule has 1 N–H and O–H groups in total. The van der Waals surface area contributed by atoms with Crippen molar-refractivity contribution >= 4 is 44.8 Å². The molecule has 1 aromatic heterocycles. The molecule has 0 unspecified atom stereocenters. The molecule has 2 aromatic rings. The summed E-state index contributed by atoms with van der Waals surface area (Å²) in [5.41, 5.74) is 1.20. The molecule has 3 rings (SSSR count). The van der Waals surface area contributed by atoms with E-state index in [9.17, 15) is 9.59 Å². The molecule has 0 bridgehead atoms. The van der Waals surface area contributed by atoms with Gasteiger partial charge in [-0.1, -0.05) is 18.2 Å². The number of carbonyl (C=O) groups is 2. The van der Waals surface area contributed by atoms with Crippen LogP contribution in [0.25, 0.3) is 0 Å². The Balaban J connectivity index is 1.40. The Bertz CT molecular complexity index is 727. The van der Waals surface area contributed by atoms with Crippen molar-refractivity contribution in [2.24, 2.45) is 0 Å². The number of rotatable bonds is 5. The molecular weight excluding hydrogens is 402 g/mol. The highest BCUT2D eigenvalue weighted by atomic mass is 79.9. The second kappa shape index (κ2) is 8.49. The molecule has 0 aliphatic carbocycles. The van der Waals surface area contributed by atoms with Gasteiger partial charge in [0.25, 0.3) is 5.91 Å². The molecule has 5 nitrogen and oxygen atoms in total. The van der Waals surface area contributed by atoms with Gasteiger partial charge < -0.3 is 15.1 Å². The predicted octanol–water partition coefficient (Wildman–Crippen LogP) is 2.98. The number of para-hydroxylation sites is 1. The summed E-state index contributed by atoms with van der Waals surface area (Å²) >= 11 is 4.72. The summed E-state index contributed by atoms with van der Waals surface area (Å²) in [5, 5.41) is 2.81. The molecule has 1 saturated heterocycles. The minimum atomic E-state index is -0.127. The zero-order valence-corrected chi connectivity index (χ0v) is 16.2. The number of piperazine rings is 1. The van der Waals surface area contributed by atoms with Crippen LogP contribution in [0.2, 0.25) is 0 Å². The van der Waals surface area contributed by atoms with E-state index in [2.05, 4.69) is 38.3 Å². The predicted molar refractivity (Wildman–Crippen MR) is 104 cm³/mol. The van der Waals surface area contributed by atoms with Crippen LogP contribution >= 0.6 is 27.3 Å². The lowest BCUT2D eigenvalue weighted by Gasteiger charge is -2.36. The van der Waals surface area contributed by atoms with Gasteiger partial charge in [-0.05, 0) is 40.2 Å². The number of hydrogen-bond donors (Lipinski definition) is 1. The van der Waals surface area contributed by atoms with Crippen LogP contribution in [-0.2, 0) is 4.79 Å². The Labute approximate surface area is 159 Å². The first kappa shape index (κ1) is 17.9. The molecule has 1 aliphatic heterocycles. The molecule has 0 atom stereocenters. The smallest absolute Gasteiger partial charge is 0.261 e. The van der Waals surface area contributed by atoms with Gasteiger partial charge in [-0.3, -0.25) is 9.59 Å². The molecule has 132 valence electrons. The maximum atomic E-state index is 12.3. The van der Waals surface area contributed by atoms with Crippen LogP contribution in [0.15, 0.2) is 46.3 Å². The van der Waals surface area contributed by atoms with E-state index in [0.717, 1.165) is 30.0 Å². The third kappa shape index (κ3) is 4.83. The van der Waals surface area contributed by atoms with Gasteiger partial charge in [0.05, 0.1) is 8.66 Å². The van der Waals surface area contributed by atoms with Gasteiger partial charge in [0.15, 0.2) is 0 Å². The fourth-order valence-electron chi connectivity index (χ4n) is 2.82. The number of hydrogen-bond acceptors (Lipinski definition) is 4. The number of anilines is 1. The average molecular weight is 422 g/mol. The fourth-order valence-corrected chi connectivity index (χ4v) is 4.12. The van der Waals surface area contributed by atoms with Gasteiger partial charge in [0.1, 0.15) is 0 Å². The van der Waals surface area contributed by atoms with E-state index in [-0.39, 0.29) is 11.8 Å². The van der Waals surface area contributed by atoms with Crippen molar-refractivity contribution in [3.63, 3.8) is 0 Å².